The third-order valence-electron chi connectivity index (χ3n) is 9.39. The summed E-state index contributed by atoms with van der Waals surface area (Å²) in [6.07, 6.45) is -1.54. The van der Waals surface area contributed by atoms with Crippen LogP contribution in [0.15, 0.2) is 65.8 Å². The van der Waals surface area contributed by atoms with Gasteiger partial charge in [-0.15, -0.1) is 13.2 Å². The van der Waals surface area contributed by atoms with E-state index in [9.17, 15) is 39.6 Å². The van der Waals surface area contributed by atoms with Crippen molar-refractivity contribution in [1.82, 2.24) is 19.6 Å². The summed E-state index contributed by atoms with van der Waals surface area (Å²) in [6.45, 7) is 16.7. The second-order valence-corrected chi connectivity index (χ2v) is 17.2. The number of hydrogen-bond donors (Lipinski definition) is 1. The van der Waals surface area contributed by atoms with Gasteiger partial charge >= 0.3 is 11.9 Å². The summed E-state index contributed by atoms with van der Waals surface area (Å²) in [4.78, 5) is 24.6. The van der Waals surface area contributed by atoms with Crippen LogP contribution in [-0.2, 0) is 43.4 Å². The normalized spacial score (nSPS) is 16.2. The number of aromatic nitrogens is 2. The van der Waals surface area contributed by atoms with E-state index < -0.39 is 49.7 Å². The minimum atomic E-state index is -6.09. The number of carbonyl (C=O) groups is 1. The van der Waals surface area contributed by atoms with E-state index in [0.29, 0.717) is 5.82 Å². The molecule has 0 aliphatic carbocycles. The number of carbonyl (C=O) groups excluding carboxylic acids is 1. The zero-order valence-electron chi connectivity index (χ0n) is 31.7. The smallest absolute Gasteiger partial charge is 0.573 e. The lowest BCUT2D eigenvalue weighted by Gasteiger charge is -2.40. The van der Waals surface area contributed by atoms with Crippen LogP contribution in [0.4, 0.5) is 32.2 Å². The minimum absolute atomic E-state index is 0.00377. The Bertz CT molecular complexity index is 1960. The summed E-state index contributed by atoms with van der Waals surface area (Å²) in [5.74, 6) is -0.545. The van der Waals surface area contributed by atoms with E-state index in [1.807, 2.05) is 29.2 Å². The molecule has 0 spiro atoms. The largest absolute Gasteiger partial charge is 0.741 e. The van der Waals surface area contributed by atoms with Gasteiger partial charge in [0.25, 0.3) is 0 Å². The topological polar surface area (TPSA) is 162 Å². The Morgan fingerprint density at radius 3 is 1.88 bits per heavy atom. The highest BCUT2D eigenvalue weighted by molar-refractivity contribution is 7.89. The molecule has 1 atom stereocenters. The number of nitrogens with one attached hydrogen (secondary N) is 1. The molecule has 1 fully saturated rings. The second kappa shape index (κ2) is 18.0. The van der Waals surface area contributed by atoms with Gasteiger partial charge in [0.15, 0.2) is 10.1 Å². The quantitative estimate of drug-likeness (QED) is 0.110. The van der Waals surface area contributed by atoms with Crippen molar-refractivity contribution in [2.45, 2.75) is 82.9 Å². The maximum atomic E-state index is 13.8. The molecule has 1 N–H and O–H groups in total. The summed E-state index contributed by atoms with van der Waals surface area (Å²) in [7, 11) is -10.4. The number of halogens is 6. The zero-order chi connectivity index (χ0) is 42.3. The van der Waals surface area contributed by atoms with Gasteiger partial charge in [0.1, 0.15) is 29.8 Å². The number of rotatable bonds is 12. The van der Waals surface area contributed by atoms with E-state index in [0.717, 1.165) is 76.1 Å². The van der Waals surface area contributed by atoms with Crippen molar-refractivity contribution in [3.8, 4) is 5.75 Å². The van der Waals surface area contributed by atoms with Gasteiger partial charge in [-0.1, -0.05) is 45.0 Å². The molecule has 4 rings (SSSR count). The van der Waals surface area contributed by atoms with Gasteiger partial charge in [-0.2, -0.15) is 17.5 Å². The predicted molar refractivity (Wildman–Crippen MR) is 193 cm³/mol. The Morgan fingerprint density at radius 2 is 1.43 bits per heavy atom. The third kappa shape index (κ3) is 12.5. The molecule has 0 radical (unpaired) electrons. The van der Waals surface area contributed by atoms with Gasteiger partial charge < -0.3 is 24.0 Å². The van der Waals surface area contributed by atoms with Gasteiger partial charge in [0, 0.05) is 26.2 Å². The number of nitrogens with zero attached hydrogens (tertiary/aromatic N) is 5. The average Bonchev–Trinajstić information content (AvgIpc) is 3.12. The molecule has 0 unspecified atom stereocenters. The summed E-state index contributed by atoms with van der Waals surface area (Å²) >= 11 is 0. The zero-order valence-corrected chi connectivity index (χ0v) is 33.3. The first-order valence-corrected chi connectivity index (χ1v) is 20.3. The SMILES string of the molecule is CC[N+](CC)(CC)Cc1cnc(N2CCN(S(=O)(=O)c3ccc(OC(F)(F)F)cc3)[C@@H](C(=O)NCc3ccc(C(C)(C)C)cc3)C2)cn1.O=S(=O)([O-])C(F)(F)F. The average molecular weight is 841 g/mol. The molecule has 0 bridgehead atoms. The van der Waals surface area contributed by atoms with E-state index in [4.69, 9.17) is 13.0 Å². The highest BCUT2D eigenvalue weighted by Crippen LogP contribution is 2.28. The van der Waals surface area contributed by atoms with Gasteiger partial charge in [-0.05, 0) is 61.6 Å². The van der Waals surface area contributed by atoms with Crippen LogP contribution in [0, 0.1) is 0 Å². The monoisotopic (exact) mass is 840 g/mol. The molecular weight excluding hydrogens is 795 g/mol. The molecule has 13 nitrogen and oxygen atoms in total. The Kier molecular flexibility index (Phi) is 14.9. The molecule has 1 aromatic heterocycles. The summed E-state index contributed by atoms with van der Waals surface area (Å²) in [5.41, 5.74) is -2.85. The fourth-order valence-corrected chi connectivity index (χ4v) is 7.37. The van der Waals surface area contributed by atoms with Gasteiger partial charge in [-0.25, -0.2) is 26.8 Å². The van der Waals surface area contributed by atoms with E-state index in [1.54, 1.807) is 12.4 Å². The molecule has 1 saturated heterocycles. The van der Waals surface area contributed by atoms with Gasteiger partial charge in [0.2, 0.25) is 15.9 Å². The number of alkyl halides is 6. The standard InChI is InChI=1S/C34H45F3N6O4S.CHF3O3S/c1-7-43(8-2,9-3)24-27-21-39-31(22-38-27)41-18-19-42(48(45,46)29-16-14-28(15-17-29)47-34(35,36)37)30(23-41)32(44)40-20-25-10-12-26(13-11-25)33(4,5)6;2-1(3,4)8(5,6)7/h10-17,21-22,30H,7-9,18-20,23-24H2,1-6H3;(H,5,6,7)/t30-;/m1./s1. The molecule has 1 aliphatic heterocycles. The predicted octanol–water partition coefficient (Wildman–Crippen LogP) is 5.30. The van der Waals surface area contributed by atoms with E-state index in [2.05, 4.69) is 61.6 Å². The van der Waals surface area contributed by atoms with Crippen molar-refractivity contribution < 1.29 is 61.7 Å². The highest BCUT2D eigenvalue weighted by Gasteiger charge is 2.41. The lowest BCUT2D eigenvalue weighted by molar-refractivity contribution is -0.936. The van der Waals surface area contributed by atoms with Crippen LogP contribution >= 0.6 is 0 Å². The Balaban J connectivity index is 0.000000946. The fourth-order valence-electron chi connectivity index (χ4n) is 5.80. The number of piperazine rings is 1. The molecule has 2 heterocycles. The third-order valence-corrected chi connectivity index (χ3v) is 11.9. The molecular formula is C35H46F6N6O7S2. The first-order chi connectivity index (χ1) is 25.7. The van der Waals surface area contributed by atoms with Gasteiger partial charge in [-0.3, -0.25) is 4.79 Å². The van der Waals surface area contributed by atoms with Crippen LogP contribution in [0.2, 0.25) is 0 Å². The van der Waals surface area contributed by atoms with Crippen LogP contribution in [0.1, 0.15) is 58.4 Å². The number of amides is 1. The first-order valence-electron chi connectivity index (χ1n) is 17.4. The summed E-state index contributed by atoms with van der Waals surface area (Å²) in [5, 5.41) is 2.89. The van der Waals surface area contributed by atoms with E-state index in [-0.39, 0.29) is 36.5 Å². The number of benzene rings is 2. The molecule has 3 aromatic rings. The highest BCUT2D eigenvalue weighted by atomic mass is 32.2. The molecule has 0 saturated carbocycles. The van der Waals surface area contributed by atoms with Crippen LogP contribution < -0.4 is 15.0 Å². The first kappa shape index (κ1) is 46.3. The Morgan fingerprint density at radius 1 is 0.875 bits per heavy atom. The van der Waals surface area contributed by atoms with Crippen molar-refractivity contribution in [2.75, 3.05) is 44.2 Å². The van der Waals surface area contributed by atoms with Crippen molar-refractivity contribution >= 4 is 31.9 Å². The maximum Gasteiger partial charge on any atom is 0.573 e. The number of quaternary nitrogens is 1. The summed E-state index contributed by atoms with van der Waals surface area (Å²) in [6, 6.07) is 10.6. The molecule has 312 valence electrons. The Labute approximate surface area is 323 Å². The number of hydrogen-bond acceptors (Lipinski definition) is 10. The molecule has 1 amide bonds. The van der Waals surface area contributed by atoms with E-state index >= 15 is 0 Å². The molecule has 56 heavy (non-hydrogen) atoms. The van der Waals surface area contributed by atoms with Crippen molar-refractivity contribution in [2.24, 2.45) is 0 Å². The fraction of sp³-hybridized carbons (Fsp3) is 0.514. The molecule has 1 aliphatic rings. The van der Waals surface area contributed by atoms with Crippen LogP contribution in [-0.4, -0.2) is 103 Å². The number of ether oxygens (including phenoxy) is 1. The number of anilines is 1. The van der Waals surface area contributed by atoms with Crippen LogP contribution in [0.25, 0.3) is 0 Å². The summed E-state index contributed by atoms with van der Waals surface area (Å²) < 4.78 is 131. The van der Waals surface area contributed by atoms with Crippen molar-refractivity contribution in [3.05, 3.63) is 77.7 Å². The van der Waals surface area contributed by atoms with Crippen molar-refractivity contribution in [1.29, 1.82) is 0 Å². The van der Waals surface area contributed by atoms with Crippen molar-refractivity contribution in [3.63, 3.8) is 0 Å². The molecule has 2 aromatic carbocycles. The Hall–Kier alpha value is -4.05. The lowest BCUT2D eigenvalue weighted by Crippen LogP contribution is -2.60. The number of sulfonamides is 1. The lowest BCUT2D eigenvalue weighted by atomic mass is 9.87. The van der Waals surface area contributed by atoms with Crippen LogP contribution in [0.3, 0.4) is 0 Å². The molecule has 21 heteroatoms. The minimum Gasteiger partial charge on any atom is -0.741 e. The van der Waals surface area contributed by atoms with Gasteiger partial charge in [0.05, 0.1) is 36.9 Å². The van der Waals surface area contributed by atoms with E-state index in [1.165, 1.54) is 0 Å². The van der Waals surface area contributed by atoms with Crippen LogP contribution in [0.5, 0.6) is 5.75 Å². The second-order valence-electron chi connectivity index (χ2n) is 14.0. The maximum absolute atomic E-state index is 13.8.